The van der Waals surface area contributed by atoms with Crippen molar-refractivity contribution in [3.05, 3.63) is 41.5 Å². The molecule has 0 N–H and O–H groups in total. The molecule has 1 heterocycles. The van der Waals surface area contributed by atoms with Crippen LogP contribution in [0.1, 0.15) is 46.1 Å². The van der Waals surface area contributed by atoms with Crippen molar-refractivity contribution >= 4 is 12.0 Å². The van der Waals surface area contributed by atoms with Gasteiger partial charge in [-0.05, 0) is 57.9 Å². The van der Waals surface area contributed by atoms with Crippen LogP contribution in [-0.2, 0) is 4.79 Å². The Balaban J connectivity index is 2.18. The highest BCUT2D eigenvalue weighted by molar-refractivity contribution is 5.74. The molecule has 0 amide bonds. The first-order valence-corrected chi connectivity index (χ1v) is 7.23. The normalized spacial score (nSPS) is 19.4. The maximum atomic E-state index is 11.1. The fraction of sp³-hybridized carbons (Fsp3) is 0.389. The average molecular weight is 286 g/mol. The third-order valence-corrected chi connectivity index (χ3v) is 3.42. The number of ether oxygens (including phenoxy) is 2. The Hall–Kier alpha value is -2.03. The second kappa shape index (κ2) is 6.17. The first-order chi connectivity index (χ1) is 9.89. The fourth-order valence-electron chi connectivity index (χ4n) is 2.35. The van der Waals surface area contributed by atoms with Gasteiger partial charge in [-0.1, -0.05) is 17.7 Å². The Morgan fingerprint density at radius 3 is 2.76 bits per heavy atom. The molecule has 0 aromatic heterocycles. The number of carbonyl (C=O) groups is 1. The number of allylic oxidation sites excluding steroid dienone is 2. The van der Waals surface area contributed by atoms with E-state index >= 15 is 0 Å². The summed E-state index contributed by atoms with van der Waals surface area (Å²) in [5, 5.41) is 0. The monoisotopic (exact) mass is 286 g/mol. The molecule has 3 nitrogen and oxygen atoms in total. The third-order valence-electron chi connectivity index (χ3n) is 3.42. The van der Waals surface area contributed by atoms with Crippen molar-refractivity contribution in [1.29, 1.82) is 0 Å². The van der Waals surface area contributed by atoms with Gasteiger partial charge >= 0.3 is 5.97 Å². The number of rotatable bonds is 4. The van der Waals surface area contributed by atoms with Crippen molar-refractivity contribution in [1.82, 2.24) is 0 Å². The van der Waals surface area contributed by atoms with Crippen LogP contribution in [-0.4, -0.2) is 11.6 Å². The first kappa shape index (κ1) is 15.4. The van der Waals surface area contributed by atoms with Crippen LogP contribution in [0.15, 0.2) is 35.9 Å². The maximum absolute atomic E-state index is 11.1. The van der Waals surface area contributed by atoms with Gasteiger partial charge in [-0.3, -0.25) is 4.79 Å². The molecule has 1 atom stereocenters. The van der Waals surface area contributed by atoms with Gasteiger partial charge in [0.05, 0.1) is 5.56 Å². The summed E-state index contributed by atoms with van der Waals surface area (Å²) < 4.78 is 11.3. The number of hydrogen-bond donors (Lipinski definition) is 0. The molecule has 0 fully saturated rings. The van der Waals surface area contributed by atoms with Gasteiger partial charge in [0.25, 0.3) is 0 Å². The summed E-state index contributed by atoms with van der Waals surface area (Å²) in [5.41, 5.74) is 1.82. The van der Waals surface area contributed by atoms with Crippen molar-refractivity contribution in [3.63, 3.8) is 0 Å². The lowest BCUT2D eigenvalue weighted by atomic mass is 9.94. The van der Waals surface area contributed by atoms with E-state index in [-0.39, 0.29) is 11.6 Å². The molecule has 1 aliphatic heterocycles. The molecule has 0 radical (unpaired) electrons. The van der Waals surface area contributed by atoms with E-state index < -0.39 is 0 Å². The Morgan fingerprint density at radius 1 is 1.33 bits per heavy atom. The number of esters is 1. The second-order valence-electron chi connectivity index (χ2n) is 5.83. The summed E-state index contributed by atoms with van der Waals surface area (Å²) in [6.07, 6.45) is 8.13. The first-order valence-electron chi connectivity index (χ1n) is 7.23. The van der Waals surface area contributed by atoms with Crippen molar-refractivity contribution in [3.8, 4) is 11.5 Å². The second-order valence-corrected chi connectivity index (χ2v) is 5.83. The van der Waals surface area contributed by atoms with Gasteiger partial charge in [-0.25, -0.2) is 0 Å². The Kier molecular flexibility index (Phi) is 4.51. The van der Waals surface area contributed by atoms with Crippen LogP contribution in [0.2, 0.25) is 0 Å². The Morgan fingerprint density at radius 2 is 2.10 bits per heavy atom. The predicted octanol–water partition coefficient (Wildman–Crippen LogP) is 4.52. The van der Waals surface area contributed by atoms with E-state index in [0.717, 1.165) is 24.2 Å². The summed E-state index contributed by atoms with van der Waals surface area (Å²) in [4.78, 5) is 11.1. The minimum absolute atomic E-state index is 0.325. The average Bonchev–Trinajstić information content (AvgIpc) is 2.37. The van der Waals surface area contributed by atoms with E-state index in [2.05, 4.69) is 26.8 Å². The maximum Gasteiger partial charge on any atom is 0.308 e. The zero-order valence-electron chi connectivity index (χ0n) is 13.1. The molecule has 0 spiro atoms. The van der Waals surface area contributed by atoms with Crippen molar-refractivity contribution in [2.24, 2.45) is 0 Å². The van der Waals surface area contributed by atoms with Gasteiger partial charge in [-0.2, -0.15) is 0 Å². The van der Waals surface area contributed by atoms with E-state index in [1.807, 2.05) is 24.3 Å². The van der Waals surface area contributed by atoms with Crippen molar-refractivity contribution in [2.75, 3.05) is 0 Å². The zero-order chi connectivity index (χ0) is 15.5. The van der Waals surface area contributed by atoms with Crippen LogP contribution in [0, 0.1) is 0 Å². The topological polar surface area (TPSA) is 35.5 Å². The molecule has 3 heteroatoms. The predicted molar refractivity (Wildman–Crippen MR) is 84.5 cm³/mol. The van der Waals surface area contributed by atoms with Gasteiger partial charge in [0.2, 0.25) is 0 Å². The highest BCUT2D eigenvalue weighted by Crippen LogP contribution is 2.38. The fourth-order valence-corrected chi connectivity index (χ4v) is 2.35. The smallest absolute Gasteiger partial charge is 0.308 e. The minimum atomic E-state index is -0.326. The Bertz CT molecular complexity index is 594. The van der Waals surface area contributed by atoms with Crippen molar-refractivity contribution in [2.45, 2.75) is 46.1 Å². The van der Waals surface area contributed by atoms with E-state index in [1.165, 1.54) is 12.5 Å². The summed E-state index contributed by atoms with van der Waals surface area (Å²) >= 11 is 0. The van der Waals surface area contributed by atoms with E-state index in [0.29, 0.717) is 5.75 Å². The molecule has 0 saturated heterocycles. The van der Waals surface area contributed by atoms with Crippen LogP contribution in [0.4, 0.5) is 0 Å². The number of hydrogen-bond acceptors (Lipinski definition) is 3. The van der Waals surface area contributed by atoms with Gasteiger partial charge in [0, 0.05) is 6.92 Å². The van der Waals surface area contributed by atoms with Gasteiger partial charge in [0.15, 0.2) is 0 Å². The molecule has 1 aliphatic rings. The van der Waals surface area contributed by atoms with Gasteiger partial charge in [-0.15, -0.1) is 0 Å². The molecular weight excluding hydrogens is 264 g/mol. The quantitative estimate of drug-likeness (QED) is 0.463. The van der Waals surface area contributed by atoms with Gasteiger partial charge < -0.3 is 9.47 Å². The molecule has 0 aliphatic carbocycles. The molecule has 1 aromatic carbocycles. The van der Waals surface area contributed by atoms with Crippen LogP contribution in [0.5, 0.6) is 11.5 Å². The largest absolute Gasteiger partial charge is 0.483 e. The van der Waals surface area contributed by atoms with Crippen LogP contribution in [0.3, 0.4) is 0 Å². The van der Waals surface area contributed by atoms with Crippen LogP contribution in [0.25, 0.3) is 6.08 Å². The standard InChI is InChI=1S/C18H22O3/c1-13(2)7-6-11-18(4)12-10-15-16(20-14(3)19)8-5-9-17(15)21-18/h5,7-10,12H,6,11H2,1-4H3. The van der Waals surface area contributed by atoms with E-state index in [1.54, 1.807) is 6.07 Å². The van der Waals surface area contributed by atoms with Gasteiger partial charge in [0.1, 0.15) is 17.1 Å². The van der Waals surface area contributed by atoms with E-state index in [4.69, 9.17) is 9.47 Å². The lowest BCUT2D eigenvalue weighted by Crippen LogP contribution is -2.31. The zero-order valence-corrected chi connectivity index (χ0v) is 13.1. The summed E-state index contributed by atoms with van der Waals surface area (Å²) in [6.45, 7) is 7.67. The SMILES string of the molecule is CC(=O)Oc1cccc2c1C=CC(C)(CCC=C(C)C)O2. The molecule has 0 saturated carbocycles. The summed E-state index contributed by atoms with van der Waals surface area (Å²) in [7, 11) is 0. The highest BCUT2D eigenvalue weighted by atomic mass is 16.5. The number of benzene rings is 1. The van der Waals surface area contributed by atoms with Crippen LogP contribution >= 0.6 is 0 Å². The lowest BCUT2D eigenvalue weighted by Gasteiger charge is -2.32. The molecule has 2 rings (SSSR count). The molecule has 112 valence electrons. The lowest BCUT2D eigenvalue weighted by molar-refractivity contribution is -0.131. The molecule has 21 heavy (non-hydrogen) atoms. The molecule has 1 unspecified atom stereocenters. The molecule has 1 aromatic rings. The summed E-state index contributed by atoms with van der Waals surface area (Å²) in [5.74, 6) is 0.979. The molecular formula is C18H22O3. The summed E-state index contributed by atoms with van der Waals surface area (Å²) in [6, 6.07) is 5.53. The van der Waals surface area contributed by atoms with E-state index in [9.17, 15) is 4.79 Å². The highest BCUT2D eigenvalue weighted by Gasteiger charge is 2.28. The van der Waals surface area contributed by atoms with Crippen LogP contribution < -0.4 is 9.47 Å². The molecule has 0 bridgehead atoms. The number of fused-ring (bicyclic) bond motifs is 1. The third kappa shape index (κ3) is 3.97. The number of carbonyl (C=O) groups excluding carboxylic acids is 1. The Labute approximate surface area is 126 Å². The minimum Gasteiger partial charge on any atom is -0.483 e. The van der Waals surface area contributed by atoms with Crippen molar-refractivity contribution < 1.29 is 14.3 Å².